The number of methoxy groups -OCH3 is 1. The predicted octanol–water partition coefficient (Wildman–Crippen LogP) is 5.02. The van der Waals surface area contributed by atoms with Gasteiger partial charge >= 0.3 is 0 Å². The second-order valence-electron chi connectivity index (χ2n) is 6.36. The fourth-order valence-electron chi connectivity index (χ4n) is 2.76. The average Bonchev–Trinajstić information content (AvgIpc) is 2.73. The third kappa shape index (κ3) is 6.43. The van der Waals surface area contributed by atoms with Gasteiger partial charge in [0.1, 0.15) is 11.5 Å². The summed E-state index contributed by atoms with van der Waals surface area (Å²) in [6.07, 6.45) is 0.825. The number of carbonyl (C=O) groups excluding carboxylic acids is 1. The summed E-state index contributed by atoms with van der Waals surface area (Å²) in [7, 11) is 1.56. The molecule has 0 fully saturated rings. The van der Waals surface area contributed by atoms with Crippen LogP contribution in [0.5, 0.6) is 11.5 Å². The lowest BCUT2D eigenvalue weighted by atomic mass is 10.2. The largest absolute Gasteiger partial charge is 0.495 e. The Morgan fingerprint density at radius 2 is 1.79 bits per heavy atom. The van der Waals surface area contributed by atoms with Gasteiger partial charge in [-0.1, -0.05) is 48.0 Å². The Morgan fingerprint density at radius 3 is 2.55 bits per heavy atom. The van der Waals surface area contributed by atoms with Crippen LogP contribution in [-0.4, -0.2) is 26.2 Å². The molecule has 29 heavy (non-hydrogen) atoms. The number of halogens is 1. The SMILES string of the molecule is COc1ccc(NCC(=O)Nc2cccc(OCCc3ccccc3)c2)cc1Cl. The van der Waals surface area contributed by atoms with E-state index < -0.39 is 0 Å². The molecule has 0 aliphatic rings. The van der Waals surface area contributed by atoms with E-state index in [1.165, 1.54) is 5.56 Å². The molecule has 0 atom stereocenters. The van der Waals surface area contributed by atoms with Crippen LogP contribution in [-0.2, 0) is 11.2 Å². The molecule has 0 aromatic heterocycles. The molecule has 0 heterocycles. The van der Waals surface area contributed by atoms with Gasteiger partial charge in [-0.05, 0) is 35.9 Å². The Morgan fingerprint density at radius 1 is 0.966 bits per heavy atom. The summed E-state index contributed by atoms with van der Waals surface area (Å²) in [6.45, 7) is 0.683. The van der Waals surface area contributed by atoms with Crippen LogP contribution >= 0.6 is 11.6 Å². The zero-order valence-electron chi connectivity index (χ0n) is 16.2. The van der Waals surface area contributed by atoms with Crippen molar-refractivity contribution < 1.29 is 14.3 Å². The van der Waals surface area contributed by atoms with Crippen LogP contribution < -0.4 is 20.1 Å². The van der Waals surface area contributed by atoms with Crippen molar-refractivity contribution in [1.82, 2.24) is 0 Å². The number of benzene rings is 3. The summed E-state index contributed by atoms with van der Waals surface area (Å²) < 4.78 is 10.9. The molecular formula is C23H23ClN2O3. The fourth-order valence-corrected chi connectivity index (χ4v) is 3.02. The Balaban J connectivity index is 1.47. The molecule has 0 saturated heterocycles. The van der Waals surface area contributed by atoms with E-state index in [-0.39, 0.29) is 12.5 Å². The second kappa shape index (κ2) is 10.4. The monoisotopic (exact) mass is 410 g/mol. The number of ether oxygens (including phenoxy) is 2. The molecular weight excluding hydrogens is 388 g/mol. The minimum Gasteiger partial charge on any atom is -0.495 e. The van der Waals surface area contributed by atoms with Crippen LogP contribution in [0.25, 0.3) is 0 Å². The first-order chi connectivity index (χ1) is 14.1. The second-order valence-corrected chi connectivity index (χ2v) is 6.77. The molecule has 0 aliphatic carbocycles. The summed E-state index contributed by atoms with van der Waals surface area (Å²) >= 11 is 6.09. The summed E-state index contributed by atoms with van der Waals surface area (Å²) in [6, 6.07) is 22.8. The van der Waals surface area contributed by atoms with Crippen LogP contribution in [0, 0.1) is 0 Å². The highest BCUT2D eigenvalue weighted by molar-refractivity contribution is 6.32. The Hall–Kier alpha value is -3.18. The molecule has 3 aromatic carbocycles. The molecule has 3 aromatic rings. The lowest BCUT2D eigenvalue weighted by Gasteiger charge is -2.11. The van der Waals surface area contributed by atoms with E-state index in [4.69, 9.17) is 21.1 Å². The molecule has 2 N–H and O–H groups in total. The Kier molecular flexibility index (Phi) is 7.36. The first-order valence-corrected chi connectivity index (χ1v) is 9.66. The van der Waals surface area contributed by atoms with Gasteiger partial charge in [-0.25, -0.2) is 0 Å². The molecule has 150 valence electrons. The topological polar surface area (TPSA) is 59.6 Å². The molecule has 0 radical (unpaired) electrons. The predicted molar refractivity (Wildman–Crippen MR) is 117 cm³/mol. The van der Waals surface area contributed by atoms with Crippen molar-refractivity contribution in [2.45, 2.75) is 6.42 Å². The zero-order chi connectivity index (χ0) is 20.5. The van der Waals surface area contributed by atoms with Crippen molar-refractivity contribution >= 4 is 28.9 Å². The lowest BCUT2D eigenvalue weighted by Crippen LogP contribution is -2.21. The summed E-state index contributed by atoms with van der Waals surface area (Å²) in [5, 5.41) is 6.38. The summed E-state index contributed by atoms with van der Waals surface area (Å²) in [5.74, 6) is 1.14. The van der Waals surface area contributed by atoms with Gasteiger partial charge in [0, 0.05) is 23.9 Å². The van der Waals surface area contributed by atoms with Crippen molar-refractivity contribution in [3.63, 3.8) is 0 Å². The summed E-state index contributed by atoms with van der Waals surface area (Å²) in [5.41, 5.74) is 2.65. The average molecular weight is 411 g/mol. The molecule has 0 bridgehead atoms. The van der Waals surface area contributed by atoms with Crippen molar-refractivity contribution in [3.05, 3.63) is 83.4 Å². The molecule has 3 rings (SSSR count). The van der Waals surface area contributed by atoms with Crippen molar-refractivity contribution in [3.8, 4) is 11.5 Å². The Bertz CT molecular complexity index is 948. The van der Waals surface area contributed by atoms with Gasteiger partial charge in [0.25, 0.3) is 0 Å². The van der Waals surface area contributed by atoms with Crippen molar-refractivity contribution in [2.24, 2.45) is 0 Å². The molecule has 6 heteroatoms. The van der Waals surface area contributed by atoms with Gasteiger partial charge in [-0.3, -0.25) is 4.79 Å². The van der Waals surface area contributed by atoms with Crippen LogP contribution in [0.1, 0.15) is 5.56 Å². The van der Waals surface area contributed by atoms with Crippen LogP contribution in [0.4, 0.5) is 11.4 Å². The van der Waals surface area contributed by atoms with Gasteiger partial charge < -0.3 is 20.1 Å². The number of hydrogen-bond acceptors (Lipinski definition) is 4. The van der Waals surface area contributed by atoms with Crippen LogP contribution in [0.2, 0.25) is 5.02 Å². The maximum Gasteiger partial charge on any atom is 0.243 e. The number of nitrogens with one attached hydrogen (secondary N) is 2. The van der Waals surface area contributed by atoms with E-state index in [0.717, 1.165) is 12.1 Å². The van der Waals surface area contributed by atoms with E-state index in [0.29, 0.717) is 28.8 Å². The quantitative estimate of drug-likeness (QED) is 0.520. The molecule has 0 spiro atoms. The van der Waals surface area contributed by atoms with Crippen molar-refractivity contribution in [2.75, 3.05) is 30.9 Å². The third-order valence-corrected chi connectivity index (χ3v) is 4.52. The van der Waals surface area contributed by atoms with Crippen LogP contribution in [0.15, 0.2) is 72.8 Å². The highest BCUT2D eigenvalue weighted by atomic mass is 35.5. The number of amides is 1. The van der Waals surface area contributed by atoms with E-state index in [9.17, 15) is 4.79 Å². The van der Waals surface area contributed by atoms with Gasteiger partial charge in [0.2, 0.25) is 5.91 Å². The van der Waals surface area contributed by atoms with E-state index in [1.54, 1.807) is 25.3 Å². The standard InChI is InChI=1S/C23H23ClN2O3/c1-28-22-11-10-18(15-21(22)24)25-16-23(27)26-19-8-5-9-20(14-19)29-13-12-17-6-3-2-4-7-17/h2-11,14-15,25H,12-13,16H2,1H3,(H,26,27). The van der Waals surface area contributed by atoms with Gasteiger partial charge in [0.15, 0.2) is 0 Å². The first-order valence-electron chi connectivity index (χ1n) is 9.28. The summed E-state index contributed by atoms with van der Waals surface area (Å²) in [4.78, 5) is 12.2. The molecule has 0 unspecified atom stereocenters. The normalized spacial score (nSPS) is 10.3. The number of anilines is 2. The molecule has 1 amide bonds. The highest BCUT2D eigenvalue weighted by Crippen LogP contribution is 2.27. The van der Waals surface area contributed by atoms with E-state index >= 15 is 0 Å². The fraction of sp³-hybridized carbons (Fsp3) is 0.174. The van der Waals surface area contributed by atoms with Gasteiger partial charge in [0.05, 0.1) is 25.3 Å². The lowest BCUT2D eigenvalue weighted by molar-refractivity contribution is -0.114. The molecule has 0 aliphatic heterocycles. The van der Waals surface area contributed by atoms with E-state index in [2.05, 4.69) is 22.8 Å². The number of rotatable bonds is 9. The van der Waals surface area contributed by atoms with Crippen molar-refractivity contribution in [1.29, 1.82) is 0 Å². The molecule has 0 saturated carbocycles. The Labute approximate surface area is 175 Å². The number of carbonyl (C=O) groups is 1. The maximum atomic E-state index is 12.2. The molecule has 5 nitrogen and oxygen atoms in total. The minimum absolute atomic E-state index is 0.113. The smallest absolute Gasteiger partial charge is 0.243 e. The maximum absolute atomic E-state index is 12.2. The third-order valence-electron chi connectivity index (χ3n) is 4.22. The minimum atomic E-state index is -0.168. The highest BCUT2D eigenvalue weighted by Gasteiger charge is 2.06. The van der Waals surface area contributed by atoms with Gasteiger partial charge in [-0.15, -0.1) is 0 Å². The van der Waals surface area contributed by atoms with Gasteiger partial charge in [-0.2, -0.15) is 0 Å². The van der Waals surface area contributed by atoms with Crippen LogP contribution in [0.3, 0.4) is 0 Å². The first kappa shape index (κ1) is 20.6. The number of hydrogen-bond donors (Lipinski definition) is 2. The van der Waals surface area contributed by atoms with E-state index in [1.807, 2.05) is 42.5 Å². The zero-order valence-corrected chi connectivity index (χ0v) is 16.9.